The van der Waals surface area contributed by atoms with E-state index in [1.807, 2.05) is 0 Å². The fourth-order valence-corrected chi connectivity index (χ4v) is 4.14. The highest BCUT2D eigenvalue weighted by atomic mass is 16.6. The number of carbonyl (C=O) groups is 1. The molecule has 0 aromatic heterocycles. The summed E-state index contributed by atoms with van der Waals surface area (Å²) in [6, 6.07) is 0. The lowest BCUT2D eigenvalue weighted by molar-refractivity contribution is -0.164. The maximum Gasteiger partial charge on any atom is 0.303 e. The predicted molar refractivity (Wildman–Crippen MR) is 86.2 cm³/mol. The molecule has 124 valence electrons. The van der Waals surface area contributed by atoms with Gasteiger partial charge in [0.25, 0.3) is 0 Å². The van der Waals surface area contributed by atoms with Crippen LogP contribution in [0.4, 0.5) is 0 Å². The van der Waals surface area contributed by atoms with Crippen LogP contribution in [0.5, 0.6) is 0 Å². The smallest absolute Gasteiger partial charge is 0.303 e. The number of ether oxygens (including phenoxy) is 2. The first-order valence-electron chi connectivity index (χ1n) is 8.65. The van der Waals surface area contributed by atoms with E-state index in [2.05, 4.69) is 20.8 Å². The molecule has 1 aliphatic rings. The van der Waals surface area contributed by atoms with E-state index in [-0.39, 0.29) is 11.6 Å². The van der Waals surface area contributed by atoms with Crippen LogP contribution in [-0.2, 0) is 14.3 Å². The third-order valence-electron chi connectivity index (χ3n) is 5.33. The highest BCUT2D eigenvalue weighted by molar-refractivity contribution is 5.66. The molecule has 0 aliphatic heterocycles. The molecule has 1 aliphatic carbocycles. The first-order valence-corrected chi connectivity index (χ1v) is 8.65. The minimum atomic E-state index is -0.301. The predicted octanol–water partition coefficient (Wildman–Crippen LogP) is 4.59. The SMILES string of the molecule is CCC1CC(CC)C(C(C)(CCCCOC)OC(C)=O)C1. The van der Waals surface area contributed by atoms with Crippen molar-refractivity contribution < 1.29 is 14.3 Å². The molecular formula is C18H34O3. The first-order chi connectivity index (χ1) is 9.96. The van der Waals surface area contributed by atoms with E-state index in [0.717, 1.165) is 31.8 Å². The molecule has 0 spiro atoms. The Balaban J connectivity index is 2.76. The van der Waals surface area contributed by atoms with Crippen molar-refractivity contribution in [1.82, 2.24) is 0 Å². The second-order valence-electron chi connectivity index (χ2n) is 6.88. The van der Waals surface area contributed by atoms with Crippen molar-refractivity contribution >= 4 is 5.97 Å². The standard InChI is InChI=1S/C18H34O3/c1-6-15-12-16(7-2)17(13-15)18(4,21-14(3)19)10-8-9-11-20-5/h15-17H,6-13H2,1-5H3. The topological polar surface area (TPSA) is 35.5 Å². The molecule has 0 heterocycles. The van der Waals surface area contributed by atoms with Crippen LogP contribution in [0, 0.1) is 17.8 Å². The quantitative estimate of drug-likeness (QED) is 0.461. The van der Waals surface area contributed by atoms with Gasteiger partial charge in [0.05, 0.1) is 0 Å². The number of methoxy groups -OCH3 is 1. The summed E-state index contributed by atoms with van der Waals surface area (Å²) in [6.45, 7) is 9.04. The summed E-state index contributed by atoms with van der Waals surface area (Å²) in [6.07, 6.45) is 7.99. The minimum Gasteiger partial charge on any atom is -0.459 e. The average Bonchev–Trinajstić information content (AvgIpc) is 2.87. The van der Waals surface area contributed by atoms with Crippen LogP contribution in [-0.4, -0.2) is 25.3 Å². The van der Waals surface area contributed by atoms with Gasteiger partial charge < -0.3 is 9.47 Å². The number of rotatable bonds is 9. The molecule has 1 fully saturated rings. The van der Waals surface area contributed by atoms with Crippen molar-refractivity contribution in [3.05, 3.63) is 0 Å². The second-order valence-corrected chi connectivity index (χ2v) is 6.88. The van der Waals surface area contributed by atoms with Crippen molar-refractivity contribution in [2.75, 3.05) is 13.7 Å². The van der Waals surface area contributed by atoms with E-state index in [4.69, 9.17) is 9.47 Å². The minimum absolute atomic E-state index is 0.140. The van der Waals surface area contributed by atoms with Gasteiger partial charge >= 0.3 is 5.97 Å². The molecule has 0 saturated heterocycles. The number of carbonyl (C=O) groups excluding carboxylic acids is 1. The fourth-order valence-electron chi connectivity index (χ4n) is 4.14. The largest absolute Gasteiger partial charge is 0.459 e. The molecule has 0 amide bonds. The molecule has 0 bridgehead atoms. The number of esters is 1. The van der Waals surface area contributed by atoms with E-state index < -0.39 is 0 Å². The molecule has 0 radical (unpaired) electrons. The zero-order valence-corrected chi connectivity index (χ0v) is 14.6. The number of unbranched alkanes of at least 4 members (excludes halogenated alkanes) is 1. The first kappa shape index (κ1) is 18.5. The van der Waals surface area contributed by atoms with E-state index in [0.29, 0.717) is 11.8 Å². The van der Waals surface area contributed by atoms with Crippen molar-refractivity contribution in [2.45, 2.75) is 78.2 Å². The molecule has 3 nitrogen and oxygen atoms in total. The molecule has 1 rings (SSSR count). The van der Waals surface area contributed by atoms with Crippen molar-refractivity contribution in [1.29, 1.82) is 0 Å². The van der Waals surface area contributed by atoms with Crippen LogP contribution >= 0.6 is 0 Å². The molecule has 4 unspecified atom stereocenters. The summed E-state index contributed by atoms with van der Waals surface area (Å²) in [5.41, 5.74) is -0.301. The Kier molecular flexibility index (Phi) is 7.72. The van der Waals surface area contributed by atoms with Crippen LogP contribution in [0.25, 0.3) is 0 Å². The molecule has 0 aromatic carbocycles. The van der Waals surface area contributed by atoms with Gasteiger partial charge in [0.2, 0.25) is 0 Å². The van der Waals surface area contributed by atoms with Crippen LogP contribution < -0.4 is 0 Å². The third-order valence-corrected chi connectivity index (χ3v) is 5.33. The molecule has 21 heavy (non-hydrogen) atoms. The second kappa shape index (κ2) is 8.77. The van der Waals surface area contributed by atoms with Crippen molar-refractivity contribution in [2.24, 2.45) is 17.8 Å². The summed E-state index contributed by atoms with van der Waals surface area (Å²) in [7, 11) is 1.74. The van der Waals surface area contributed by atoms with E-state index in [9.17, 15) is 4.79 Å². The normalized spacial score (nSPS) is 28.3. The maximum absolute atomic E-state index is 11.6. The van der Waals surface area contributed by atoms with Crippen LogP contribution in [0.3, 0.4) is 0 Å². The molecule has 0 aromatic rings. The third kappa shape index (κ3) is 5.28. The van der Waals surface area contributed by atoms with Gasteiger partial charge in [-0.25, -0.2) is 0 Å². The van der Waals surface area contributed by atoms with Crippen molar-refractivity contribution in [3.63, 3.8) is 0 Å². The van der Waals surface area contributed by atoms with Crippen LogP contribution in [0.15, 0.2) is 0 Å². The van der Waals surface area contributed by atoms with Gasteiger partial charge in [-0.2, -0.15) is 0 Å². The monoisotopic (exact) mass is 298 g/mol. The van der Waals surface area contributed by atoms with Crippen LogP contribution in [0.1, 0.15) is 72.6 Å². The van der Waals surface area contributed by atoms with Gasteiger partial charge in [0.1, 0.15) is 5.60 Å². The molecule has 4 atom stereocenters. The summed E-state index contributed by atoms with van der Waals surface area (Å²) >= 11 is 0. The fraction of sp³-hybridized carbons (Fsp3) is 0.944. The summed E-state index contributed by atoms with van der Waals surface area (Å²) in [4.78, 5) is 11.6. The number of hydrogen-bond acceptors (Lipinski definition) is 3. The Bertz CT molecular complexity index is 316. The average molecular weight is 298 g/mol. The highest BCUT2D eigenvalue weighted by Crippen LogP contribution is 2.48. The Hall–Kier alpha value is -0.570. The van der Waals surface area contributed by atoms with E-state index in [1.54, 1.807) is 14.0 Å². The molecular weight excluding hydrogens is 264 g/mol. The van der Waals surface area contributed by atoms with Gasteiger partial charge in [-0.05, 0) is 50.9 Å². The van der Waals surface area contributed by atoms with E-state index in [1.165, 1.54) is 25.7 Å². The lowest BCUT2D eigenvalue weighted by Crippen LogP contribution is -2.41. The Morgan fingerprint density at radius 1 is 1.19 bits per heavy atom. The highest BCUT2D eigenvalue weighted by Gasteiger charge is 2.45. The molecule has 1 saturated carbocycles. The molecule has 0 N–H and O–H groups in total. The van der Waals surface area contributed by atoms with Gasteiger partial charge in [-0.15, -0.1) is 0 Å². The summed E-state index contributed by atoms with van der Waals surface area (Å²) < 4.78 is 11.0. The molecule has 3 heteroatoms. The van der Waals surface area contributed by atoms with Gasteiger partial charge in [-0.3, -0.25) is 4.79 Å². The zero-order chi connectivity index (χ0) is 15.9. The van der Waals surface area contributed by atoms with Crippen molar-refractivity contribution in [3.8, 4) is 0 Å². The Labute approximate surface area is 130 Å². The maximum atomic E-state index is 11.6. The lowest BCUT2D eigenvalue weighted by atomic mass is 9.77. The summed E-state index contributed by atoms with van der Waals surface area (Å²) in [5.74, 6) is 1.87. The van der Waals surface area contributed by atoms with Gasteiger partial charge in [0, 0.05) is 26.6 Å². The zero-order valence-electron chi connectivity index (χ0n) is 14.6. The van der Waals surface area contributed by atoms with E-state index >= 15 is 0 Å². The summed E-state index contributed by atoms with van der Waals surface area (Å²) in [5, 5.41) is 0. The lowest BCUT2D eigenvalue weighted by Gasteiger charge is -2.38. The Morgan fingerprint density at radius 3 is 2.43 bits per heavy atom. The van der Waals surface area contributed by atoms with Crippen LogP contribution in [0.2, 0.25) is 0 Å². The number of hydrogen-bond donors (Lipinski definition) is 0. The van der Waals surface area contributed by atoms with Gasteiger partial charge in [-0.1, -0.05) is 26.7 Å². The van der Waals surface area contributed by atoms with Gasteiger partial charge in [0.15, 0.2) is 0 Å². The Morgan fingerprint density at radius 2 is 1.90 bits per heavy atom.